The molecule has 2 unspecified atom stereocenters. The van der Waals surface area contributed by atoms with Gasteiger partial charge in [-0.25, -0.2) is 23.7 Å². The van der Waals surface area contributed by atoms with Crippen LogP contribution >= 0.6 is 0 Å². The SMILES string of the molecule is CC(C)C#Cc1ccc(N2CC(CC(C)(C(=O)NO)S(C)(=O)=O)OC2=O)nc1. The van der Waals surface area contributed by atoms with Crippen molar-refractivity contribution in [2.24, 2.45) is 5.92 Å². The van der Waals surface area contributed by atoms with Gasteiger partial charge in [0.15, 0.2) is 14.6 Å². The maximum atomic E-state index is 12.2. The number of carbonyl (C=O) groups excluding carboxylic acids is 2. The summed E-state index contributed by atoms with van der Waals surface area (Å²) in [4.78, 5) is 29.6. The summed E-state index contributed by atoms with van der Waals surface area (Å²) in [7, 11) is -3.89. The number of hydrogen-bond donors (Lipinski definition) is 2. The molecule has 2 N–H and O–H groups in total. The minimum atomic E-state index is -3.89. The van der Waals surface area contributed by atoms with E-state index in [0.717, 1.165) is 6.26 Å². The van der Waals surface area contributed by atoms with Crippen LogP contribution in [0.25, 0.3) is 0 Å². The summed E-state index contributed by atoms with van der Waals surface area (Å²) in [6.45, 7) is 5.13. The van der Waals surface area contributed by atoms with Crippen LogP contribution in [0.2, 0.25) is 0 Å². The minimum absolute atomic E-state index is 0.0205. The maximum Gasteiger partial charge on any atom is 0.415 e. The molecule has 152 valence electrons. The summed E-state index contributed by atoms with van der Waals surface area (Å²) < 4.78 is 27.4. The predicted molar refractivity (Wildman–Crippen MR) is 101 cm³/mol. The molecule has 1 aliphatic rings. The van der Waals surface area contributed by atoms with Crippen molar-refractivity contribution in [2.75, 3.05) is 17.7 Å². The number of carbonyl (C=O) groups is 2. The number of sulfone groups is 1. The van der Waals surface area contributed by atoms with Gasteiger partial charge in [-0.2, -0.15) is 0 Å². The standard InChI is InChI=1S/C18H23N3O6S/c1-12(2)5-6-13-7-8-15(19-10-13)21-11-14(27-17(21)23)9-18(3,16(22)20-24)28(4,25)26/h7-8,10,12,14,24H,9,11H2,1-4H3,(H,20,22). The van der Waals surface area contributed by atoms with E-state index in [0.29, 0.717) is 11.4 Å². The highest BCUT2D eigenvalue weighted by molar-refractivity contribution is 7.92. The Hall–Kier alpha value is -2.64. The van der Waals surface area contributed by atoms with E-state index in [1.807, 2.05) is 13.8 Å². The highest BCUT2D eigenvalue weighted by atomic mass is 32.2. The van der Waals surface area contributed by atoms with E-state index < -0.39 is 32.7 Å². The lowest BCUT2D eigenvalue weighted by molar-refractivity contribution is -0.132. The van der Waals surface area contributed by atoms with Gasteiger partial charge in [0.2, 0.25) is 0 Å². The second-order valence-electron chi connectivity index (χ2n) is 7.09. The highest BCUT2D eigenvalue weighted by Gasteiger charge is 2.48. The monoisotopic (exact) mass is 409 g/mol. The summed E-state index contributed by atoms with van der Waals surface area (Å²) in [5, 5.41) is 8.89. The molecule has 1 fully saturated rings. The highest BCUT2D eigenvalue weighted by Crippen LogP contribution is 2.29. The molecule has 10 heteroatoms. The Morgan fingerprint density at radius 2 is 2.18 bits per heavy atom. The fourth-order valence-corrected chi connectivity index (χ4v) is 3.50. The molecule has 28 heavy (non-hydrogen) atoms. The van der Waals surface area contributed by atoms with Crippen molar-refractivity contribution >= 4 is 27.7 Å². The number of rotatable bonds is 5. The average Bonchev–Trinajstić information content (AvgIpc) is 2.98. The number of pyridine rings is 1. The van der Waals surface area contributed by atoms with E-state index in [2.05, 4.69) is 16.8 Å². The van der Waals surface area contributed by atoms with Gasteiger partial charge in [0.05, 0.1) is 6.54 Å². The van der Waals surface area contributed by atoms with Crippen LogP contribution in [0.1, 0.15) is 32.8 Å². The van der Waals surface area contributed by atoms with Gasteiger partial charge in [-0.1, -0.05) is 25.7 Å². The second-order valence-corrected chi connectivity index (χ2v) is 9.54. The van der Waals surface area contributed by atoms with Crippen LogP contribution in [0.3, 0.4) is 0 Å². The zero-order valence-corrected chi connectivity index (χ0v) is 16.9. The Bertz CT molecular complexity index is 917. The Morgan fingerprint density at radius 3 is 2.68 bits per heavy atom. The molecule has 0 radical (unpaired) electrons. The lowest BCUT2D eigenvalue weighted by Gasteiger charge is -2.26. The number of nitrogens with zero attached hydrogens (tertiary/aromatic N) is 2. The van der Waals surface area contributed by atoms with Crippen molar-refractivity contribution in [3.05, 3.63) is 23.9 Å². The fourth-order valence-electron chi connectivity index (χ4n) is 2.63. The smallest absolute Gasteiger partial charge is 0.415 e. The summed E-state index contributed by atoms with van der Waals surface area (Å²) in [5.41, 5.74) is 2.07. The van der Waals surface area contributed by atoms with Crippen molar-refractivity contribution in [1.29, 1.82) is 0 Å². The lowest BCUT2D eigenvalue weighted by atomic mass is 10.0. The second kappa shape index (κ2) is 8.16. The molecule has 9 nitrogen and oxygen atoms in total. The van der Waals surface area contributed by atoms with Gasteiger partial charge in [0.1, 0.15) is 11.9 Å². The number of ether oxygens (including phenoxy) is 1. The van der Waals surface area contributed by atoms with Crippen molar-refractivity contribution in [1.82, 2.24) is 10.5 Å². The van der Waals surface area contributed by atoms with E-state index in [4.69, 9.17) is 9.94 Å². The normalized spacial score (nSPS) is 18.9. The zero-order valence-electron chi connectivity index (χ0n) is 16.1. The first-order chi connectivity index (χ1) is 13.0. The molecule has 2 rings (SSSR count). The Balaban J connectivity index is 2.17. The molecule has 2 amide bonds. The fraction of sp³-hybridized carbons (Fsp3) is 0.500. The molecule has 1 aliphatic heterocycles. The summed E-state index contributed by atoms with van der Waals surface area (Å²) in [6, 6.07) is 3.34. The van der Waals surface area contributed by atoms with Crippen LogP contribution in [-0.2, 0) is 19.4 Å². The topological polar surface area (TPSA) is 126 Å². The number of nitrogens with one attached hydrogen (secondary N) is 1. The molecular formula is C18H23N3O6S. The lowest BCUT2D eigenvalue weighted by Crippen LogP contribution is -2.51. The van der Waals surface area contributed by atoms with Gasteiger partial charge < -0.3 is 4.74 Å². The molecule has 1 saturated heterocycles. The van der Waals surface area contributed by atoms with Crippen LogP contribution < -0.4 is 10.4 Å². The van der Waals surface area contributed by atoms with E-state index in [-0.39, 0.29) is 18.9 Å². The third-order valence-corrected chi connectivity index (χ3v) is 6.41. The third kappa shape index (κ3) is 4.61. The van der Waals surface area contributed by atoms with Crippen molar-refractivity contribution in [3.8, 4) is 11.8 Å². The number of hydrogen-bond acceptors (Lipinski definition) is 7. The van der Waals surface area contributed by atoms with E-state index in [9.17, 15) is 18.0 Å². The van der Waals surface area contributed by atoms with Crippen LogP contribution in [0, 0.1) is 17.8 Å². The quantitative estimate of drug-likeness (QED) is 0.424. The minimum Gasteiger partial charge on any atom is -0.444 e. The molecule has 0 aliphatic carbocycles. The summed E-state index contributed by atoms with van der Waals surface area (Å²) in [5.74, 6) is 5.44. The molecule has 1 aromatic rings. The molecule has 0 aromatic carbocycles. The first-order valence-electron chi connectivity index (χ1n) is 8.58. The van der Waals surface area contributed by atoms with Gasteiger partial charge in [0.25, 0.3) is 5.91 Å². The molecule has 0 spiro atoms. The number of anilines is 1. The summed E-state index contributed by atoms with van der Waals surface area (Å²) >= 11 is 0. The van der Waals surface area contributed by atoms with E-state index >= 15 is 0 Å². The van der Waals surface area contributed by atoms with Crippen molar-refractivity contribution in [3.63, 3.8) is 0 Å². The largest absolute Gasteiger partial charge is 0.444 e. The zero-order chi connectivity index (χ0) is 21.1. The first-order valence-corrected chi connectivity index (χ1v) is 10.5. The Labute approximate surface area is 164 Å². The van der Waals surface area contributed by atoms with Gasteiger partial charge in [-0.05, 0) is 19.1 Å². The molecule has 2 atom stereocenters. The molecule has 1 aromatic heterocycles. The van der Waals surface area contributed by atoms with Gasteiger partial charge >= 0.3 is 6.09 Å². The molecule has 0 saturated carbocycles. The van der Waals surface area contributed by atoms with E-state index in [1.54, 1.807) is 12.1 Å². The van der Waals surface area contributed by atoms with Crippen LogP contribution in [0.5, 0.6) is 0 Å². The van der Waals surface area contributed by atoms with Crippen LogP contribution in [0.15, 0.2) is 18.3 Å². The van der Waals surface area contributed by atoms with Crippen molar-refractivity contribution < 1.29 is 28.0 Å². The van der Waals surface area contributed by atoms with Crippen molar-refractivity contribution in [2.45, 2.75) is 38.0 Å². The number of cyclic esters (lactones) is 1. The predicted octanol–water partition coefficient (Wildman–Crippen LogP) is 1.11. The van der Waals surface area contributed by atoms with Gasteiger partial charge in [-0.15, -0.1) is 0 Å². The number of hydroxylamine groups is 1. The molecule has 0 bridgehead atoms. The third-order valence-electron chi connectivity index (χ3n) is 4.42. The van der Waals surface area contributed by atoms with Gasteiger partial charge in [0, 0.05) is 30.4 Å². The van der Waals surface area contributed by atoms with E-state index in [1.165, 1.54) is 23.5 Å². The molecule has 2 heterocycles. The van der Waals surface area contributed by atoms with Crippen LogP contribution in [0.4, 0.5) is 10.6 Å². The number of aromatic nitrogens is 1. The van der Waals surface area contributed by atoms with Gasteiger partial charge in [-0.3, -0.25) is 14.9 Å². The maximum absolute atomic E-state index is 12.2. The Morgan fingerprint density at radius 1 is 1.50 bits per heavy atom. The summed E-state index contributed by atoms with van der Waals surface area (Å²) in [6.07, 6.45) is 0.546. The van der Waals surface area contributed by atoms with Crippen LogP contribution in [-0.4, -0.2) is 54.3 Å². The molecular weight excluding hydrogens is 386 g/mol. The Kier molecular flexibility index (Phi) is 6.31. The average molecular weight is 409 g/mol. The first kappa shape index (κ1) is 21.7. The number of amides is 2.